The fourth-order valence-electron chi connectivity index (χ4n) is 3.81. The second-order valence-electron chi connectivity index (χ2n) is 7.52. The van der Waals surface area contributed by atoms with Gasteiger partial charge in [-0.2, -0.15) is 0 Å². The third-order valence-corrected chi connectivity index (χ3v) is 5.42. The molecule has 31 heavy (non-hydrogen) atoms. The maximum absolute atomic E-state index is 12.7. The highest BCUT2D eigenvalue weighted by Gasteiger charge is 2.29. The molecule has 0 saturated carbocycles. The van der Waals surface area contributed by atoms with Gasteiger partial charge in [0.15, 0.2) is 17.3 Å². The van der Waals surface area contributed by atoms with E-state index in [0.29, 0.717) is 41.2 Å². The van der Waals surface area contributed by atoms with Gasteiger partial charge in [0.25, 0.3) is 5.91 Å². The van der Waals surface area contributed by atoms with Gasteiger partial charge >= 0.3 is 0 Å². The van der Waals surface area contributed by atoms with Crippen molar-refractivity contribution in [1.29, 1.82) is 0 Å². The average Bonchev–Trinajstić information content (AvgIpc) is 2.78. The van der Waals surface area contributed by atoms with Crippen molar-refractivity contribution >= 4 is 17.6 Å². The zero-order valence-electron chi connectivity index (χ0n) is 17.6. The summed E-state index contributed by atoms with van der Waals surface area (Å²) in [5, 5.41) is 2.73. The summed E-state index contributed by atoms with van der Waals surface area (Å²) in [5.74, 6) is 1.09. The summed E-state index contributed by atoms with van der Waals surface area (Å²) >= 11 is 0. The minimum Gasteiger partial charge on any atom is -0.493 e. The molecule has 1 aromatic heterocycles. The maximum atomic E-state index is 12.7. The van der Waals surface area contributed by atoms with Crippen LogP contribution in [0.15, 0.2) is 48.7 Å². The Bertz CT molecular complexity index is 1160. The van der Waals surface area contributed by atoms with E-state index in [0.717, 1.165) is 11.1 Å². The van der Waals surface area contributed by atoms with Crippen molar-refractivity contribution < 1.29 is 19.1 Å². The van der Waals surface area contributed by atoms with Gasteiger partial charge in [-0.1, -0.05) is 23.8 Å². The maximum Gasteiger partial charge on any atom is 0.258 e. The Morgan fingerprint density at radius 1 is 1.06 bits per heavy atom. The molecule has 2 aromatic carbocycles. The van der Waals surface area contributed by atoms with Crippen LogP contribution in [0.4, 0.5) is 5.95 Å². The van der Waals surface area contributed by atoms with Gasteiger partial charge in [-0.15, -0.1) is 0 Å². The van der Waals surface area contributed by atoms with Crippen molar-refractivity contribution in [1.82, 2.24) is 9.97 Å². The summed E-state index contributed by atoms with van der Waals surface area (Å²) < 4.78 is 10.7. The Morgan fingerprint density at radius 3 is 2.61 bits per heavy atom. The fraction of sp³-hybridized carbons (Fsp3) is 0.250. The molecule has 0 radical (unpaired) electrons. The number of benzene rings is 2. The monoisotopic (exact) mass is 417 g/mol. The number of nitrogens with zero attached hydrogens (tertiary/aromatic N) is 2. The first-order valence-corrected chi connectivity index (χ1v) is 9.97. The number of ether oxygens (including phenoxy) is 2. The summed E-state index contributed by atoms with van der Waals surface area (Å²) in [6, 6.07) is 12.9. The number of nitrogens with one attached hydrogen (secondary N) is 1. The Labute approximate surface area is 180 Å². The summed E-state index contributed by atoms with van der Waals surface area (Å²) in [4.78, 5) is 33.9. The molecule has 0 spiro atoms. The first-order valence-electron chi connectivity index (χ1n) is 9.97. The number of amides is 1. The molecular formula is C24H23N3O4. The molecule has 1 aliphatic rings. The predicted octanol–water partition coefficient (Wildman–Crippen LogP) is 3.97. The highest BCUT2D eigenvalue weighted by atomic mass is 16.5. The van der Waals surface area contributed by atoms with E-state index in [1.165, 1.54) is 6.20 Å². The van der Waals surface area contributed by atoms with E-state index in [9.17, 15) is 9.59 Å². The van der Waals surface area contributed by atoms with E-state index >= 15 is 0 Å². The van der Waals surface area contributed by atoms with Crippen molar-refractivity contribution in [2.45, 2.75) is 25.7 Å². The lowest BCUT2D eigenvalue weighted by atomic mass is 9.82. The van der Waals surface area contributed by atoms with Crippen LogP contribution in [-0.4, -0.2) is 35.9 Å². The number of methoxy groups -OCH3 is 2. The smallest absolute Gasteiger partial charge is 0.258 e. The third kappa shape index (κ3) is 4.26. The van der Waals surface area contributed by atoms with Gasteiger partial charge in [0.05, 0.1) is 25.5 Å². The summed E-state index contributed by atoms with van der Waals surface area (Å²) in [5.41, 5.74) is 3.62. The molecule has 0 bridgehead atoms. The van der Waals surface area contributed by atoms with E-state index in [2.05, 4.69) is 15.3 Å². The van der Waals surface area contributed by atoms with Crippen molar-refractivity contribution in [3.8, 4) is 11.5 Å². The topological polar surface area (TPSA) is 90.4 Å². The minimum absolute atomic E-state index is 0.0161. The molecule has 0 aliphatic heterocycles. The van der Waals surface area contributed by atoms with Gasteiger partial charge in [-0.3, -0.25) is 14.9 Å². The van der Waals surface area contributed by atoms with Crippen LogP contribution in [0.5, 0.6) is 11.5 Å². The Hall–Kier alpha value is -3.74. The number of hydrogen-bond acceptors (Lipinski definition) is 6. The van der Waals surface area contributed by atoms with Crippen LogP contribution in [0.2, 0.25) is 0 Å². The van der Waals surface area contributed by atoms with Crippen molar-refractivity contribution in [2.24, 2.45) is 0 Å². The largest absolute Gasteiger partial charge is 0.493 e. The van der Waals surface area contributed by atoms with E-state index in [-0.39, 0.29) is 23.6 Å². The number of aryl methyl sites for hydroxylation is 1. The van der Waals surface area contributed by atoms with E-state index in [4.69, 9.17) is 9.47 Å². The molecular weight excluding hydrogens is 394 g/mol. The normalized spacial score (nSPS) is 15.2. The molecule has 158 valence electrons. The second kappa shape index (κ2) is 8.55. The van der Waals surface area contributed by atoms with E-state index in [1.54, 1.807) is 26.4 Å². The molecule has 0 fully saturated rings. The van der Waals surface area contributed by atoms with Crippen molar-refractivity contribution in [3.63, 3.8) is 0 Å². The van der Waals surface area contributed by atoms with Crippen LogP contribution in [-0.2, 0) is 6.42 Å². The molecule has 0 saturated heterocycles. The van der Waals surface area contributed by atoms with Gasteiger partial charge in [0.1, 0.15) is 0 Å². The molecule has 1 N–H and O–H groups in total. The number of anilines is 1. The molecule has 4 rings (SSSR count). The van der Waals surface area contributed by atoms with Crippen LogP contribution < -0.4 is 14.8 Å². The Kier molecular flexibility index (Phi) is 5.66. The number of hydrogen-bond donors (Lipinski definition) is 1. The second-order valence-corrected chi connectivity index (χ2v) is 7.52. The number of carbonyl (C=O) groups excluding carboxylic acids is 2. The highest BCUT2D eigenvalue weighted by molar-refractivity contribution is 6.03. The molecule has 1 amide bonds. The van der Waals surface area contributed by atoms with Gasteiger partial charge in [-0.05, 0) is 49.1 Å². The quantitative estimate of drug-likeness (QED) is 0.676. The van der Waals surface area contributed by atoms with Crippen LogP contribution >= 0.6 is 0 Å². The number of ketones is 1. The highest BCUT2D eigenvalue weighted by Crippen LogP contribution is 2.36. The lowest BCUT2D eigenvalue weighted by molar-refractivity contribution is 0.0962. The molecule has 3 aromatic rings. The number of aromatic nitrogens is 2. The molecule has 7 nitrogen and oxygen atoms in total. The van der Waals surface area contributed by atoms with Crippen molar-refractivity contribution in [2.75, 3.05) is 19.5 Å². The van der Waals surface area contributed by atoms with Crippen LogP contribution in [0, 0.1) is 6.92 Å². The first kappa shape index (κ1) is 20.5. The summed E-state index contributed by atoms with van der Waals surface area (Å²) in [7, 11) is 3.17. The van der Waals surface area contributed by atoms with E-state index in [1.807, 2.05) is 37.3 Å². The molecule has 7 heteroatoms. The average molecular weight is 417 g/mol. The molecule has 1 heterocycles. The van der Waals surface area contributed by atoms with Gasteiger partial charge in [-0.25, -0.2) is 9.97 Å². The Balaban J connectivity index is 1.58. The van der Waals surface area contributed by atoms with Gasteiger partial charge < -0.3 is 9.47 Å². The zero-order chi connectivity index (χ0) is 22.0. The molecule has 0 unspecified atom stereocenters. The van der Waals surface area contributed by atoms with Gasteiger partial charge in [0.2, 0.25) is 5.95 Å². The number of rotatable bonds is 5. The molecule has 1 aliphatic carbocycles. The standard InChI is InChI=1S/C24H23N3O4/c1-14-5-4-6-16(9-14)23(29)27-24-25-13-18-19(26-24)10-17(11-20(18)28)15-7-8-21(30-2)22(12-15)31-3/h4-9,12-13,17H,10-11H2,1-3H3,(H,25,26,27,29)/t17-/m0/s1. The SMILES string of the molecule is COc1ccc([C@@H]2CC(=O)c3cnc(NC(=O)c4cccc(C)c4)nc3C2)cc1OC. The zero-order valence-corrected chi connectivity index (χ0v) is 17.6. The number of Topliss-reactive ketones (excluding diaryl/α,β-unsaturated/α-hetero) is 1. The summed E-state index contributed by atoms with van der Waals surface area (Å²) in [6.07, 6.45) is 2.43. The number of carbonyl (C=O) groups is 2. The van der Waals surface area contributed by atoms with Gasteiger partial charge in [0, 0.05) is 18.2 Å². The van der Waals surface area contributed by atoms with E-state index < -0.39 is 0 Å². The number of fused-ring (bicyclic) bond motifs is 1. The third-order valence-electron chi connectivity index (χ3n) is 5.42. The minimum atomic E-state index is -0.290. The fourth-order valence-corrected chi connectivity index (χ4v) is 3.81. The predicted molar refractivity (Wildman–Crippen MR) is 116 cm³/mol. The lowest BCUT2D eigenvalue weighted by Crippen LogP contribution is -2.22. The van der Waals surface area contributed by atoms with Crippen LogP contribution in [0.1, 0.15) is 49.9 Å². The van der Waals surface area contributed by atoms with Crippen LogP contribution in [0.25, 0.3) is 0 Å². The Morgan fingerprint density at radius 2 is 1.87 bits per heavy atom. The summed E-state index contributed by atoms with van der Waals surface area (Å²) in [6.45, 7) is 1.92. The lowest BCUT2D eigenvalue weighted by Gasteiger charge is -2.24. The first-order chi connectivity index (χ1) is 15.0. The molecule has 1 atom stereocenters. The van der Waals surface area contributed by atoms with Crippen molar-refractivity contribution in [3.05, 3.63) is 76.6 Å². The van der Waals surface area contributed by atoms with Crippen LogP contribution in [0.3, 0.4) is 0 Å².